The number of hydrogen-bond acceptors (Lipinski definition) is 2. The number of ether oxygens (including phenoxy) is 1. The van der Waals surface area contributed by atoms with Gasteiger partial charge in [-0.15, -0.1) is 0 Å². The smallest absolute Gasteiger partial charge is 0.192 e. The van der Waals surface area contributed by atoms with Crippen LogP contribution in [0.25, 0.3) is 10.8 Å². The molecule has 17 heavy (non-hydrogen) atoms. The topological polar surface area (TPSA) is 62.3 Å². The van der Waals surface area contributed by atoms with Crippen LogP contribution in [0.2, 0.25) is 0 Å². The fourth-order valence-corrected chi connectivity index (χ4v) is 1.86. The summed E-state index contributed by atoms with van der Waals surface area (Å²) in [5.74, 6) is 0.835. The van der Waals surface area contributed by atoms with Crippen molar-refractivity contribution in [1.82, 2.24) is 0 Å². The molecular weight excluding hydrogens is 214 g/mol. The lowest BCUT2D eigenvalue weighted by molar-refractivity contribution is 0.420. The minimum atomic E-state index is 0.0142. The summed E-state index contributed by atoms with van der Waals surface area (Å²) < 4.78 is 5.32. The molecule has 0 unspecified atom stereocenters. The fraction of sp³-hybridized carbons (Fsp3) is 0.154. The van der Waals surface area contributed by atoms with Crippen molar-refractivity contribution < 1.29 is 4.74 Å². The molecule has 0 spiro atoms. The van der Waals surface area contributed by atoms with Crippen molar-refractivity contribution in [2.24, 2.45) is 5.73 Å². The Morgan fingerprint density at radius 2 is 1.82 bits per heavy atom. The second-order valence-corrected chi connectivity index (χ2v) is 3.78. The van der Waals surface area contributed by atoms with E-state index in [0.717, 1.165) is 22.2 Å². The Labute approximate surface area is 100 Å². The quantitative estimate of drug-likeness (QED) is 0.613. The summed E-state index contributed by atoms with van der Waals surface area (Å²) >= 11 is 0. The van der Waals surface area contributed by atoms with Crippen molar-refractivity contribution in [2.45, 2.75) is 0 Å². The summed E-state index contributed by atoms with van der Waals surface area (Å²) in [6.07, 6.45) is 0. The molecule has 4 heteroatoms. The SMILES string of the molecule is COc1ccc(N(C)C(=N)N)c2ccccc12. The highest BCUT2D eigenvalue weighted by atomic mass is 16.5. The van der Waals surface area contributed by atoms with Crippen molar-refractivity contribution >= 4 is 22.4 Å². The third-order valence-electron chi connectivity index (χ3n) is 2.80. The molecule has 0 aliphatic carbocycles. The number of methoxy groups -OCH3 is 1. The number of guanidine groups is 1. The molecule has 0 saturated carbocycles. The Morgan fingerprint density at radius 1 is 1.18 bits per heavy atom. The van der Waals surface area contributed by atoms with Crippen LogP contribution in [0.5, 0.6) is 5.75 Å². The van der Waals surface area contributed by atoms with Gasteiger partial charge < -0.3 is 15.4 Å². The van der Waals surface area contributed by atoms with Crippen LogP contribution in [0.4, 0.5) is 5.69 Å². The zero-order valence-electron chi connectivity index (χ0n) is 9.90. The van der Waals surface area contributed by atoms with E-state index in [4.69, 9.17) is 15.9 Å². The van der Waals surface area contributed by atoms with Crippen LogP contribution in [-0.4, -0.2) is 20.1 Å². The van der Waals surface area contributed by atoms with E-state index in [1.807, 2.05) is 36.4 Å². The number of benzene rings is 2. The number of rotatable bonds is 2. The molecule has 88 valence electrons. The van der Waals surface area contributed by atoms with E-state index in [-0.39, 0.29) is 5.96 Å². The van der Waals surface area contributed by atoms with E-state index in [2.05, 4.69) is 0 Å². The number of nitrogens with zero attached hydrogens (tertiary/aromatic N) is 1. The van der Waals surface area contributed by atoms with Crippen LogP contribution in [0.3, 0.4) is 0 Å². The predicted molar refractivity (Wildman–Crippen MR) is 70.8 cm³/mol. The van der Waals surface area contributed by atoms with E-state index >= 15 is 0 Å². The summed E-state index contributed by atoms with van der Waals surface area (Å²) in [7, 11) is 3.42. The Kier molecular flexibility index (Phi) is 2.87. The predicted octanol–water partition coefficient (Wildman–Crippen LogP) is 2.18. The van der Waals surface area contributed by atoms with Crippen molar-refractivity contribution in [2.75, 3.05) is 19.1 Å². The largest absolute Gasteiger partial charge is 0.496 e. The lowest BCUT2D eigenvalue weighted by atomic mass is 10.1. The first-order chi connectivity index (χ1) is 8.15. The normalized spacial score (nSPS) is 10.2. The van der Waals surface area contributed by atoms with Gasteiger partial charge in [-0.05, 0) is 12.1 Å². The summed E-state index contributed by atoms with van der Waals surface area (Å²) in [5, 5.41) is 9.52. The number of anilines is 1. The van der Waals surface area contributed by atoms with E-state index < -0.39 is 0 Å². The van der Waals surface area contributed by atoms with Crippen LogP contribution < -0.4 is 15.4 Å². The van der Waals surface area contributed by atoms with Crippen LogP contribution in [0.15, 0.2) is 36.4 Å². The van der Waals surface area contributed by atoms with Crippen LogP contribution in [-0.2, 0) is 0 Å². The van der Waals surface area contributed by atoms with Crippen molar-refractivity contribution in [3.8, 4) is 5.75 Å². The Morgan fingerprint density at radius 3 is 2.41 bits per heavy atom. The highest BCUT2D eigenvalue weighted by molar-refractivity contribution is 6.05. The first-order valence-electron chi connectivity index (χ1n) is 5.28. The Hall–Kier alpha value is -2.23. The first-order valence-corrected chi connectivity index (χ1v) is 5.28. The van der Waals surface area contributed by atoms with Gasteiger partial charge in [-0.1, -0.05) is 24.3 Å². The van der Waals surface area contributed by atoms with E-state index in [1.165, 1.54) is 0 Å². The molecule has 0 aliphatic heterocycles. The molecule has 0 saturated heterocycles. The van der Waals surface area contributed by atoms with Crippen molar-refractivity contribution in [1.29, 1.82) is 5.41 Å². The van der Waals surface area contributed by atoms with Gasteiger partial charge in [0.05, 0.1) is 12.8 Å². The average Bonchev–Trinajstić information content (AvgIpc) is 2.36. The fourth-order valence-electron chi connectivity index (χ4n) is 1.86. The van der Waals surface area contributed by atoms with Crippen LogP contribution in [0.1, 0.15) is 0 Å². The van der Waals surface area contributed by atoms with E-state index in [1.54, 1.807) is 19.1 Å². The molecule has 0 aliphatic rings. The molecule has 4 nitrogen and oxygen atoms in total. The maximum absolute atomic E-state index is 7.48. The van der Waals surface area contributed by atoms with Gasteiger partial charge >= 0.3 is 0 Å². The van der Waals surface area contributed by atoms with Crippen molar-refractivity contribution in [3.63, 3.8) is 0 Å². The standard InChI is InChI=1S/C13H15N3O/c1-16(13(14)15)11-7-8-12(17-2)10-6-4-3-5-9(10)11/h3-8H,1-2H3,(H3,14,15). The molecular formula is C13H15N3O. The highest BCUT2D eigenvalue weighted by Gasteiger charge is 2.10. The summed E-state index contributed by atoms with van der Waals surface area (Å²) in [6, 6.07) is 11.7. The maximum Gasteiger partial charge on any atom is 0.192 e. The lowest BCUT2D eigenvalue weighted by Gasteiger charge is -2.19. The number of nitrogens with one attached hydrogen (secondary N) is 1. The molecule has 0 radical (unpaired) electrons. The molecule has 0 bridgehead atoms. The molecule has 0 atom stereocenters. The second kappa shape index (κ2) is 4.33. The zero-order valence-corrected chi connectivity index (χ0v) is 9.90. The second-order valence-electron chi connectivity index (χ2n) is 3.78. The molecule has 0 aromatic heterocycles. The van der Waals surface area contributed by atoms with Gasteiger partial charge in [-0.3, -0.25) is 5.41 Å². The van der Waals surface area contributed by atoms with Gasteiger partial charge in [0.15, 0.2) is 5.96 Å². The lowest BCUT2D eigenvalue weighted by Crippen LogP contribution is -2.32. The first kappa shape index (κ1) is 11.3. The van der Waals surface area contributed by atoms with Gasteiger partial charge in [0.2, 0.25) is 0 Å². The Bertz CT molecular complexity index is 566. The highest BCUT2D eigenvalue weighted by Crippen LogP contribution is 2.32. The van der Waals surface area contributed by atoms with Gasteiger partial charge in [-0.25, -0.2) is 0 Å². The zero-order chi connectivity index (χ0) is 12.4. The van der Waals surface area contributed by atoms with Gasteiger partial charge in [0.1, 0.15) is 5.75 Å². The number of fused-ring (bicyclic) bond motifs is 1. The number of hydrogen-bond donors (Lipinski definition) is 2. The summed E-state index contributed by atoms with van der Waals surface area (Å²) in [6.45, 7) is 0. The van der Waals surface area contributed by atoms with Crippen LogP contribution in [0, 0.1) is 5.41 Å². The summed E-state index contributed by atoms with van der Waals surface area (Å²) in [5.41, 5.74) is 6.40. The average molecular weight is 229 g/mol. The molecule has 2 aromatic rings. The molecule has 2 rings (SSSR count). The van der Waals surface area contributed by atoms with Gasteiger partial charge in [0, 0.05) is 17.8 Å². The Balaban J connectivity index is 2.70. The molecule has 0 amide bonds. The third-order valence-corrected chi connectivity index (χ3v) is 2.80. The summed E-state index contributed by atoms with van der Waals surface area (Å²) in [4.78, 5) is 1.64. The molecule has 2 aromatic carbocycles. The molecule has 0 fully saturated rings. The van der Waals surface area contributed by atoms with Gasteiger partial charge in [0.25, 0.3) is 0 Å². The minimum Gasteiger partial charge on any atom is -0.496 e. The number of nitrogens with two attached hydrogens (primary N) is 1. The van der Waals surface area contributed by atoms with Crippen molar-refractivity contribution in [3.05, 3.63) is 36.4 Å². The maximum atomic E-state index is 7.48. The molecule has 0 heterocycles. The monoisotopic (exact) mass is 229 g/mol. The van der Waals surface area contributed by atoms with E-state index in [9.17, 15) is 0 Å². The van der Waals surface area contributed by atoms with Crippen LogP contribution >= 0.6 is 0 Å². The third kappa shape index (κ3) is 1.89. The van der Waals surface area contributed by atoms with E-state index in [0.29, 0.717) is 0 Å². The minimum absolute atomic E-state index is 0.0142. The molecule has 3 N–H and O–H groups in total. The van der Waals surface area contributed by atoms with Gasteiger partial charge in [-0.2, -0.15) is 0 Å².